The summed E-state index contributed by atoms with van der Waals surface area (Å²) in [4.78, 5) is 0. The fraction of sp³-hybridized carbons (Fsp3) is 0.647. The van der Waals surface area contributed by atoms with Crippen molar-refractivity contribution in [1.82, 2.24) is 0 Å². The Bertz CT molecular complexity index is 431. The highest BCUT2D eigenvalue weighted by atomic mass is 16.5. The zero-order valence-electron chi connectivity index (χ0n) is 11.8. The van der Waals surface area contributed by atoms with Crippen molar-refractivity contribution in [1.29, 1.82) is 0 Å². The van der Waals surface area contributed by atoms with Gasteiger partial charge in [0.15, 0.2) is 0 Å². The quantitative estimate of drug-likeness (QED) is 0.891. The van der Waals surface area contributed by atoms with Crippen molar-refractivity contribution < 1.29 is 9.84 Å². The van der Waals surface area contributed by atoms with Gasteiger partial charge in [-0.15, -0.1) is 0 Å². The largest absolute Gasteiger partial charge is 0.385 e. The molecule has 3 rings (SSSR count). The van der Waals surface area contributed by atoms with Gasteiger partial charge in [-0.2, -0.15) is 0 Å². The summed E-state index contributed by atoms with van der Waals surface area (Å²) in [6, 6.07) is 8.40. The van der Waals surface area contributed by atoms with E-state index in [-0.39, 0.29) is 0 Å². The summed E-state index contributed by atoms with van der Waals surface area (Å²) in [6.07, 6.45) is 6.58. The van der Waals surface area contributed by atoms with Gasteiger partial charge in [0.1, 0.15) is 6.10 Å². The lowest BCUT2D eigenvalue weighted by Gasteiger charge is -2.40. The third kappa shape index (κ3) is 2.44. The normalized spacial score (nSPS) is 29.8. The number of hydrogen-bond donors (Lipinski definition) is 1. The number of aliphatic hydroxyl groups is 1. The van der Waals surface area contributed by atoms with Gasteiger partial charge >= 0.3 is 0 Å². The molecule has 0 bridgehead atoms. The average molecular weight is 260 g/mol. The van der Waals surface area contributed by atoms with Gasteiger partial charge in [-0.25, -0.2) is 0 Å². The molecule has 19 heavy (non-hydrogen) atoms. The molecule has 104 valence electrons. The Hall–Kier alpha value is -0.860. The summed E-state index contributed by atoms with van der Waals surface area (Å²) < 4.78 is 5.92. The first kappa shape index (κ1) is 13.1. The maximum atomic E-state index is 10.8. The van der Waals surface area contributed by atoms with Crippen molar-refractivity contribution in [2.24, 2.45) is 0 Å². The fourth-order valence-electron chi connectivity index (χ4n) is 3.35. The van der Waals surface area contributed by atoms with Crippen LogP contribution in [0.25, 0.3) is 0 Å². The average Bonchev–Trinajstić information content (AvgIpc) is 2.37. The Morgan fingerprint density at radius 2 is 2.00 bits per heavy atom. The number of ether oxygens (including phenoxy) is 1. The van der Waals surface area contributed by atoms with Crippen LogP contribution < -0.4 is 0 Å². The molecular weight excluding hydrogens is 236 g/mol. The summed E-state index contributed by atoms with van der Waals surface area (Å²) in [5.41, 5.74) is 2.03. The van der Waals surface area contributed by atoms with Crippen molar-refractivity contribution in [3.05, 3.63) is 35.4 Å². The van der Waals surface area contributed by atoms with E-state index in [0.717, 1.165) is 31.4 Å². The van der Waals surface area contributed by atoms with Crippen LogP contribution in [0.1, 0.15) is 68.6 Å². The third-order valence-electron chi connectivity index (χ3n) is 4.91. The lowest BCUT2D eigenvalue weighted by molar-refractivity contribution is -0.138. The summed E-state index contributed by atoms with van der Waals surface area (Å²) in [5, 5.41) is 10.8. The Labute approximate surface area is 115 Å². The molecule has 1 aromatic carbocycles. The molecule has 2 aliphatic rings. The molecule has 1 aliphatic carbocycles. The van der Waals surface area contributed by atoms with Crippen LogP contribution in [0.15, 0.2) is 24.3 Å². The van der Waals surface area contributed by atoms with Crippen molar-refractivity contribution >= 4 is 0 Å². The Morgan fingerprint density at radius 1 is 1.21 bits per heavy atom. The van der Waals surface area contributed by atoms with E-state index in [1.165, 1.54) is 24.8 Å². The van der Waals surface area contributed by atoms with E-state index in [2.05, 4.69) is 25.1 Å². The number of rotatable bonds is 3. The summed E-state index contributed by atoms with van der Waals surface area (Å²) in [6.45, 7) is 2.84. The molecule has 1 N–H and O–H groups in total. The van der Waals surface area contributed by atoms with Crippen LogP contribution in [0.4, 0.5) is 0 Å². The first-order valence-electron chi connectivity index (χ1n) is 7.61. The minimum Gasteiger partial charge on any atom is -0.385 e. The maximum Gasteiger partial charge on any atom is 0.108 e. The molecule has 0 spiro atoms. The summed E-state index contributed by atoms with van der Waals surface area (Å²) in [7, 11) is 0. The Kier molecular flexibility index (Phi) is 3.64. The lowest BCUT2D eigenvalue weighted by Crippen LogP contribution is -2.39. The molecule has 0 amide bonds. The van der Waals surface area contributed by atoms with E-state index >= 15 is 0 Å². The van der Waals surface area contributed by atoms with E-state index < -0.39 is 11.7 Å². The fourth-order valence-corrected chi connectivity index (χ4v) is 3.35. The molecule has 1 heterocycles. The van der Waals surface area contributed by atoms with Gasteiger partial charge in [0.2, 0.25) is 0 Å². The van der Waals surface area contributed by atoms with Crippen LogP contribution in [0.3, 0.4) is 0 Å². The summed E-state index contributed by atoms with van der Waals surface area (Å²) in [5.74, 6) is 0.651. The molecule has 2 fully saturated rings. The zero-order valence-corrected chi connectivity index (χ0v) is 11.8. The molecule has 1 aromatic rings. The van der Waals surface area contributed by atoms with Gasteiger partial charge in [0.05, 0.1) is 5.60 Å². The van der Waals surface area contributed by atoms with Crippen LogP contribution >= 0.6 is 0 Å². The van der Waals surface area contributed by atoms with Crippen LogP contribution in [0, 0.1) is 0 Å². The third-order valence-corrected chi connectivity index (χ3v) is 4.91. The van der Waals surface area contributed by atoms with Crippen LogP contribution in [0.2, 0.25) is 0 Å². The van der Waals surface area contributed by atoms with E-state index in [1.807, 2.05) is 6.07 Å². The molecule has 1 saturated carbocycles. The highest BCUT2D eigenvalue weighted by molar-refractivity contribution is 5.34. The molecule has 1 saturated heterocycles. The van der Waals surface area contributed by atoms with Crippen LogP contribution in [-0.4, -0.2) is 17.3 Å². The molecule has 2 atom stereocenters. The second kappa shape index (κ2) is 5.26. The Morgan fingerprint density at radius 3 is 2.63 bits per heavy atom. The van der Waals surface area contributed by atoms with E-state index in [9.17, 15) is 5.11 Å². The molecule has 1 aliphatic heterocycles. The number of aliphatic hydroxyl groups excluding tert-OH is 1. The smallest absolute Gasteiger partial charge is 0.108 e. The first-order chi connectivity index (χ1) is 9.21. The predicted molar refractivity (Wildman–Crippen MR) is 76.2 cm³/mol. The van der Waals surface area contributed by atoms with Gasteiger partial charge in [0.25, 0.3) is 0 Å². The lowest BCUT2D eigenvalue weighted by atomic mass is 9.75. The minimum absolute atomic E-state index is 0.405. The Balaban J connectivity index is 1.88. The standard InChI is InChI=1S/C17H24O2/c1-17(11-4-5-12-19-17)16(18)15-10-3-2-9-14(15)13-7-6-8-13/h2-3,9-10,13,16,18H,4-8,11-12H2,1H3. The molecule has 2 nitrogen and oxygen atoms in total. The minimum atomic E-state index is -0.496. The highest BCUT2D eigenvalue weighted by Crippen LogP contribution is 2.43. The van der Waals surface area contributed by atoms with Crippen LogP contribution in [0.5, 0.6) is 0 Å². The molecule has 2 heteroatoms. The van der Waals surface area contributed by atoms with Gasteiger partial charge < -0.3 is 9.84 Å². The maximum absolute atomic E-state index is 10.8. The monoisotopic (exact) mass is 260 g/mol. The number of benzene rings is 1. The molecule has 2 unspecified atom stereocenters. The highest BCUT2D eigenvalue weighted by Gasteiger charge is 2.38. The molecular formula is C17H24O2. The van der Waals surface area contributed by atoms with E-state index in [1.54, 1.807) is 0 Å². The molecule has 0 aromatic heterocycles. The second-order valence-corrected chi connectivity index (χ2v) is 6.28. The SMILES string of the molecule is CC1(C(O)c2ccccc2C2CCC2)CCCCO1. The van der Waals surface area contributed by atoms with Gasteiger partial charge in [0, 0.05) is 6.61 Å². The van der Waals surface area contributed by atoms with Crippen molar-refractivity contribution in [2.45, 2.75) is 63.1 Å². The number of hydrogen-bond acceptors (Lipinski definition) is 2. The van der Waals surface area contributed by atoms with Crippen LogP contribution in [-0.2, 0) is 4.74 Å². The first-order valence-corrected chi connectivity index (χ1v) is 7.61. The topological polar surface area (TPSA) is 29.5 Å². The second-order valence-electron chi connectivity index (χ2n) is 6.28. The van der Waals surface area contributed by atoms with E-state index in [0.29, 0.717) is 5.92 Å². The van der Waals surface area contributed by atoms with Gasteiger partial charge in [-0.3, -0.25) is 0 Å². The zero-order chi connectivity index (χ0) is 13.3. The van der Waals surface area contributed by atoms with Crippen molar-refractivity contribution in [3.63, 3.8) is 0 Å². The van der Waals surface area contributed by atoms with Gasteiger partial charge in [-0.05, 0) is 56.1 Å². The van der Waals surface area contributed by atoms with Gasteiger partial charge in [-0.1, -0.05) is 30.7 Å². The van der Waals surface area contributed by atoms with Crippen molar-refractivity contribution in [3.8, 4) is 0 Å². The van der Waals surface area contributed by atoms with E-state index in [4.69, 9.17) is 4.74 Å². The van der Waals surface area contributed by atoms with Crippen molar-refractivity contribution in [2.75, 3.05) is 6.61 Å². The predicted octanol–water partition coefficient (Wildman–Crippen LogP) is 3.95. The molecule has 0 radical (unpaired) electrons. The summed E-state index contributed by atoms with van der Waals surface area (Å²) >= 11 is 0.